The second-order valence-corrected chi connectivity index (χ2v) is 4.93. The maximum atomic E-state index is 13.6. The van der Waals surface area contributed by atoms with Crippen LogP contribution < -0.4 is 4.74 Å². The zero-order valence-electron chi connectivity index (χ0n) is 11.0. The van der Waals surface area contributed by atoms with E-state index in [4.69, 9.17) is 16.3 Å². The quantitative estimate of drug-likeness (QED) is 0.854. The van der Waals surface area contributed by atoms with Gasteiger partial charge in [-0.05, 0) is 31.2 Å². The standard InChI is InChI=1S/C15H12ClF3O2/c1-8(21-10-4-2-3-9(16)7-10)15(20)11-5-6-12(17)14(19)13(11)18/h2-8,15,20H,1H3. The molecule has 0 saturated heterocycles. The molecular formula is C15H12ClF3O2. The molecule has 0 aliphatic heterocycles. The van der Waals surface area contributed by atoms with Crippen LogP contribution in [-0.4, -0.2) is 11.2 Å². The van der Waals surface area contributed by atoms with Gasteiger partial charge in [-0.15, -0.1) is 0 Å². The summed E-state index contributed by atoms with van der Waals surface area (Å²) in [6.45, 7) is 1.48. The molecule has 21 heavy (non-hydrogen) atoms. The Morgan fingerprint density at radius 1 is 1.10 bits per heavy atom. The van der Waals surface area contributed by atoms with Crippen LogP contribution in [0.25, 0.3) is 0 Å². The molecule has 2 unspecified atom stereocenters. The molecule has 0 aliphatic rings. The van der Waals surface area contributed by atoms with Crippen molar-refractivity contribution < 1.29 is 23.0 Å². The minimum atomic E-state index is -1.62. The van der Waals surface area contributed by atoms with E-state index in [-0.39, 0.29) is 5.56 Å². The van der Waals surface area contributed by atoms with E-state index in [1.807, 2.05) is 0 Å². The predicted molar refractivity (Wildman–Crippen MR) is 72.8 cm³/mol. The third-order valence-corrected chi connectivity index (χ3v) is 3.18. The summed E-state index contributed by atoms with van der Waals surface area (Å²) in [6.07, 6.45) is -2.35. The Morgan fingerprint density at radius 3 is 2.48 bits per heavy atom. The van der Waals surface area contributed by atoms with Gasteiger partial charge in [-0.3, -0.25) is 0 Å². The SMILES string of the molecule is CC(Oc1cccc(Cl)c1)C(O)c1ccc(F)c(F)c1F. The normalized spacial score (nSPS) is 13.8. The van der Waals surface area contributed by atoms with Gasteiger partial charge in [-0.1, -0.05) is 23.7 Å². The largest absolute Gasteiger partial charge is 0.488 e. The third-order valence-electron chi connectivity index (χ3n) is 2.95. The van der Waals surface area contributed by atoms with Gasteiger partial charge in [0.25, 0.3) is 0 Å². The highest BCUT2D eigenvalue weighted by atomic mass is 35.5. The van der Waals surface area contributed by atoms with E-state index >= 15 is 0 Å². The molecule has 6 heteroatoms. The molecule has 0 bridgehead atoms. The summed E-state index contributed by atoms with van der Waals surface area (Å²) in [5.74, 6) is -3.99. The van der Waals surface area contributed by atoms with Gasteiger partial charge in [0, 0.05) is 10.6 Å². The van der Waals surface area contributed by atoms with Crippen molar-refractivity contribution in [1.82, 2.24) is 0 Å². The minimum Gasteiger partial charge on any atom is -0.488 e. The smallest absolute Gasteiger partial charge is 0.194 e. The van der Waals surface area contributed by atoms with Crippen LogP contribution in [0.4, 0.5) is 13.2 Å². The number of benzene rings is 2. The predicted octanol–water partition coefficient (Wildman–Crippen LogP) is 4.26. The monoisotopic (exact) mass is 316 g/mol. The van der Waals surface area contributed by atoms with Crippen LogP contribution in [0.2, 0.25) is 5.02 Å². The Labute approximate surface area is 124 Å². The zero-order valence-corrected chi connectivity index (χ0v) is 11.7. The number of hydrogen-bond donors (Lipinski definition) is 1. The van der Waals surface area contributed by atoms with Crippen molar-refractivity contribution >= 4 is 11.6 Å². The van der Waals surface area contributed by atoms with Gasteiger partial charge in [-0.25, -0.2) is 13.2 Å². The summed E-state index contributed by atoms with van der Waals surface area (Å²) in [7, 11) is 0. The van der Waals surface area contributed by atoms with Gasteiger partial charge in [0.2, 0.25) is 0 Å². The van der Waals surface area contributed by atoms with E-state index < -0.39 is 29.7 Å². The fourth-order valence-electron chi connectivity index (χ4n) is 1.84. The van der Waals surface area contributed by atoms with Crippen molar-refractivity contribution in [3.8, 4) is 5.75 Å². The Morgan fingerprint density at radius 2 is 1.81 bits per heavy atom. The second kappa shape index (κ2) is 6.37. The van der Waals surface area contributed by atoms with Crippen molar-refractivity contribution in [1.29, 1.82) is 0 Å². The fourth-order valence-corrected chi connectivity index (χ4v) is 2.02. The number of ether oxygens (including phenoxy) is 1. The van der Waals surface area contributed by atoms with Crippen molar-refractivity contribution in [3.63, 3.8) is 0 Å². The van der Waals surface area contributed by atoms with Crippen molar-refractivity contribution in [2.45, 2.75) is 19.1 Å². The van der Waals surface area contributed by atoms with Crippen LogP contribution >= 0.6 is 11.6 Å². The molecule has 2 aromatic carbocycles. The summed E-state index contributed by atoms with van der Waals surface area (Å²) in [4.78, 5) is 0. The van der Waals surface area contributed by atoms with Gasteiger partial charge in [-0.2, -0.15) is 0 Å². The van der Waals surface area contributed by atoms with Crippen LogP contribution in [0.15, 0.2) is 36.4 Å². The zero-order chi connectivity index (χ0) is 15.6. The lowest BCUT2D eigenvalue weighted by molar-refractivity contribution is 0.0437. The molecule has 2 atom stereocenters. The maximum absolute atomic E-state index is 13.6. The molecule has 0 amide bonds. The fraction of sp³-hybridized carbons (Fsp3) is 0.200. The minimum absolute atomic E-state index is 0.372. The Hall–Kier alpha value is -1.72. The lowest BCUT2D eigenvalue weighted by atomic mass is 10.0. The lowest BCUT2D eigenvalue weighted by Gasteiger charge is -2.21. The molecule has 0 spiro atoms. The molecule has 2 rings (SSSR count). The summed E-state index contributed by atoms with van der Waals surface area (Å²) in [5.41, 5.74) is -0.372. The topological polar surface area (TPSA) is 29.5 Å². The average molecular weight is 317 g/mol. The van der Waals surface area contributed by atoms with Crippen LogP contribution in [0, 0.1) is 17.5 Å². The van der Waals surface area contributed by atoms with Crippen molar-refractivity contribution in [2.75, 3.05) is 0 Å². The van der Waals surface area contributed by atoms with Crippen LogP contribution in [0.5, 0.6) is 5.75 Å². The molecule has 0 fully saturated rings. The summed E-state index contributed by atoms with van der Waals surface area (Å²) in [6, 6.07) is 8.15. The first-order chi connectivity index (χ1) is 9.90. The molecule has 0 radical (unpaired) electrons. The molecule has 2 nitrogen and oxygen atoms in total. The number of halogens is 4. The molecule has 1 N–H and O–H groups in total. The van der Waals surface area contributed by atoms with Crippen LogP contribution in [0.1, 0.15) is 18.6 Å². The highest BCUT2D eigenvalue weighted by Gasteiger charge is 2.24. The Bertz CT molecular complexity index is 649. The number of hydrogen-bond acceptors (Lipinski definition) is 2. The maximum Gasteiger partial charge on any atom is 0.194 e. The Balaban J connectivity index is 2.20. The highest BCUT2D eigenvalue weighted by Crippen LogP contribution is 2.27. The van der Waals surface area contributed by atoms with Crippen molar-refractivity contribution in [3.05, 3.63) is 64.4 Å². The summed E-state index contributed by atoms with van der Waals surface area (Å²) in [5, 5.41) is 10.5. The van der Waals surface area contributed by atoms with E-state index in [0.29, 0.717) is 10.8 Å². The average Bonchev–Trinajstić information content (AvgIpc) is 2.44. The van der Waals surface area contributed by atoms with E-state index in [1.165, 1.54) is 13.0 Å². The molecule has 0 heterocycles. The molecule has 0 aliphatic carbocycles. The number of aliphatic hydroxyl groups is 1. The number of rotatable bonds is 4. The summed E-state index contributed by atoms with van der Waals surface area (Å²) < 4.78 is 45.1. The molecule has 2 aromatic rings. The number of aliphatic hydroxyl groups excluding tert-OH is 1. The first-order valence-electron chi connectivity index (χ1n) is 6.14. The van der Waals surface area contributed by atoms with Gasteiger partial charge in [0.15, 0.2) is 17.5 Å². The molecule has 112 valence electrons. The third kappa shape index (κ3) is 3.49. The molecule has 0 aromatic heterocycles. The van der Waals surface area contributed by atoms with Gasteiger partial charge >= 0.3 is 0 Å². The van der Waals surface area contributed by atoms with Crippen LogP contribution in [-0.2, 0) is 0 Å². The van der Waals surface area contributed by atoms with E-state index in [9.17, 15) is 18.3 Å². The van der Waals surface area contributed by atoms with E-state index in [0.717, 1.165) is 12.1 Å². The van der Waals surface area contributed by atoms with Crippen molar-refractivity contribution in [2.24, 2.45) is 0 Å². The van der Waals surface area contributed by atoms with Gasteiger partial charge < -0.3 is 9.84 Å². The summed E-state index contributed by atoms with van der Waals surface area (Å²) >= 11 is 5.79. The molecule has 0 saturated carbocycles. The molecular weight excluding hydrogens is 305 g/mol. The first-order valence-corrected chi connectivity index (χ1v) is 6.51. The van der Waals surface area contributed by atoms with Gasteiger partial charge in [0.05, 0.1) is 0 Å². The van der Waals surface area contributed by atoms with Gasteiger partial charge in [0.1, 0.15) is 18.0 Å². The highest BCUT2D eigenvalue weighted by molar-refractivity contribution is 6.30. The van der Waals surface area contributed by atoms with E-state index in [2.05, 4.69) is 0 Å². The van der Waals surface area contributed by atoms with Crippen LogP contribution in [0.3, 0.4) is 0 Å². The van der Waals surface area contributed by atoms with E-state index in [1.54, 1.807) is 18.2 Å². The Kier molecular flexibility index (Phi) is 4.75. The lowest BCUT2D eigenvalue weighted by Crippen LogP contribution is -2.23. The second-order valence-electron chi connectivity index (χ2n) is 4.49. The first kappa shape index (κ1) is 15.7.